The Morgan fingerprint density at radius 1 is 1.12 bits per heavy atom. The summed E-state index contributed by atoms with van der Waals surface area (Å²) in [5.41, 5.74) is -0.0548. The maximum Gasteiger partial charge on any atom is 0.373 e. The molecule has 1 unspecified atom stereocenters. The van der Waals surface area contributed by atoms with Gasteiger partial charge in [-0.2, -0.15) is 4.68 Å². The second kappa shape index (κ2) is 7.87. The molecule has 1 aromatic carbocycles. The molecule has 1 aromatic heterocycles. The molecule has 8 heteroatoms. The lowest BCUT2D eigenvalue weighted by molar-refractivity contribution is -0.122. The molecule has 0 saturated carbocycles. The molecule has 0 aliphatic rings. The Morgan fingerprint density at radius 2 is 1.76 bits per heavy atom. The highest BCUT2D eigenvalue weighted by Gasteiger charge is 2.28. The molecule has 0 spiro atoms. The Hall–Kier alpha value is -2.77. The van der Waals surface area contributed by atoms with Crippen molar-refractivity contribution >= 4 is 17.5 Å². The summed E-state index contributed by atoms with van der Waals surface area (Å²) in [6.45, 7) is 7.20. The lowest BCUT2D eigenvalue weighted by atomic mass is 10.1. The molecule has 0 fully saturated rings. The summed E-state index contributed by atoms with van der Waals surface area (Å²) in [5.74, 6) is -0.118. The zero-order chi connectivity index (χ0) is 18.6. The predicted octanol–water partition coefficient (Wildman–Crippen LogP) is 2.25. The highest BCUT2D eigenvalue weighted by atomic mass is 16.2. The van der Waals surface area contributed by atoms with Gasteiger partial charge in [0.05, 0.1) is 0 Å². The highest BCUT2D eigenvalue weighted by Crippen LogP contribution is 2.17. The van der Waals surface area contributed by atoms with Crippen LogP contribution < -0.4 is 10.6 Å². The maximum atomic E-state index is 12.9. The number of amides is 1. The molecule has 0 aliphatic carbocycles. The fourth-order valence-electron chi connectivity index (χ4n) is 2.67. The largest absolute Gasteiger partial charge is 0.373 e. The second-order valence-electron chi connectivity index (χ2n) is 5.94. The van der Waals surface area contributed by atoms with Crippen LogP contribution in [0.3, 0.4) is 0 Å². The second-order valence-corrected chi connectivity index (χ2v) is 5.94. The summed E-state index contributed by atoms with van der Waals surface area (Å²) in [5, 5.41) is 7.46. The van der Waals surface area contributed by atoms with Crippen LogP contribution in [0.15, 0.2) is 35.1 Å². The minimum Gasteiger partial charge on any atom is -0.297 e. The van der Waals surface area contributed by atoms with Gasteiger partial charge in [-0.1, -0.05) is 32.0 Å². The van der Waals surface area contributed by atoms with Crippen molar-refractivity contribution in [3.05, 3.63) is 40.8 Å². The quantitative estimate of drug-likeness (QED) is 0.749. The number of Topliss-reactive ketones (excluding diaryl/α,β-unsaturated/α-hetero) is 1. The van der Waals surface area contributed by atoms with E-state index in [0.29, 0.717) is 16.8 Å². The van der Waals surface area contributed by atoms with Crippen molar-refractivity contribution in [1.82, 2.24) is 19.8 Å². The first-order chi connectivity index (χ1) is 11.9. The highest BCUT2D eigenvalue weighted by molar-refractivity contribution is 5.93. The molecule has 1 amide bonds. The minimum absolute atomic E-state index is 0.118. The molecule has 2 rings (SSSR count). The van der Waals surface area contributed by atoms with E-state index in [4.69, 9.17) is 0 Å². The van der Waals surface area contributed by atoms with Crippen molar-refractivity contribution in [2.75, 3.05) is 4.90 Å². The number of hydrogen-bond acceptors (Lipinski definition) is 5. The van der Waals surface area contributed by atoms with E-state index in [2.05, 4.69) is 10.4 Å². The molecule has 0 radical (unpaired) electrons. The van der Waals surface area contributed by atoms with Gasteiger partial charge in [-0.05, 0) is 42.8 Å². The summed E-state index contributed by atoms with van der Waals surface area (Å²) < 4.78 is 1.70. The van der Waals surface area contributed by atoms with Gasteiger partial charge in [-0.25, -0.2) is 9.59 Å². The molecule has 2 aromatic rings. The molecule has 25 heavy (non-hydrogen) atoms. The van der Waals surface area contributed by atoms with Gasteiger partial charge in [0.15, 0.2) is 5.78 Å². The van der Waals surface area contributed by atoms with E-state index < -0.39 is 17.8 Å². The summed E-state index contributed by atoms with van der Waals surface area (Å²) in [7, 11) is 0. The van der Waals surface area contributed by atoms with Crippen LogP contribution in [0.1, 0.15) is 46.6 Å². The number of carbonyl (C=O) groups excluding carboxylic acids is 2. The monoisotopic (exact) mass is 345 g/mol. The normalized spacial score (nSPS) is 12.2. The van der Waals surface area contributed by atoms with Gasteiger partial charge in [-0.3, -0.25) is 9.69 Å². The Bertz CT molecular complexity index is 794. The van der Waals surface area contributed by atoms with Crippen LogP contribution in [-0.2, 0) is 4.79 Å². The molecular weight excluding hydrogens is 322 g/mol. The number of tetrazole rings is 1. The van der Waals surface area contributed by atoms with Crippen LogP contribution in [0.4, 0.5) is 10.5 Å². The molecule has 8 nitrogen and oxygen atoms in total. The first kappa shape index (κ1) is 18.6. The fourth-order valence-corrected chi connectivity index (χ4v) is 2.67. The van der Waals surface area contributed by atoms with Gasteiger partial charge in [-0.15, -0.1) is 4.68 Å². The zero-order valence-corrected chi connectivity index (χ0v) is 14.9. The summed E-state index contributed by atoms with van der Waals surface area (Å²) in [6.07, 6.45) is 0.694. The number of hydrogen-bond donors (Lipinski definition) is 0. The van der Waals surface area contributed by atoms with Crippen molar-refractivity contribution in [2.45, 2.75) is 52.6 Å². The summed E-state index contributed by atoms with van der Waals surface area (Å²) >= 11 is 0. The van der Waals surface area contributed by atoms with E-state index in [1.54, 1.807) is 26.0 Å². The van der Waals surface area contributed by atoms with E-state index >= 15 is 0 Å². The number of rotatable bonds is 6. The van der Waals surface area contributed by atoms with Crippen LogP contribution in [0.2, 0.25) is 0 Å². The number of benzene rings is 1. The van der Waals surface area contributed by atoms with E-state index in [1.807, 2.05) is 32.0 Å². The van der Waals surface area contributed by atoms with E-state index in [0.717, 1.165) is 4.68 Å². The van der Waals surface area contributed by atoms with Crippen LogP contribution in [-0.4, -0.2) is 37.6 Å². The smallest absolute Gasteiger partial charge is 0.297 e. The molecule has 1 atom stereocenters. The third-order valence-electron chi connectivity index (χ3n) is 3.94. The average molecular weight is 345 g/mol. The van der Waals surface area contributed by atoms with Crippen molar-refractivity contribution in [3.63, 3.8) is 0 Å². The first-order valence-electron chi connectivity index (χ1n) is 8.38. The zero-order valence-electron chi connectivity index (χ0n) is 14.9. The SMILES string of the molecule is CCC(=O)C(CC)n1nnn(C(=O)N(c2ccccc2)C(C)C)c1=O. The van der Waals surface area contributed by atoms with E-state index in [1.165, 1.54) is 4.90 Å². The molecule has 134 valence electrons. The molecule has 0 N–H and O–H groups in total. The lowest BCUT2D eigenvalue weighted by Crippen LogP contribution is -2.45. The standard InChI is InChI=1S/C17H23N5O3/c1-5-14(15(23)6-2)21-17(25)22(19-18-21)16(24)20(12(3)4)13-10-8-7-9-11-13/h7-12,14H,5-6H2,1-4H3. The van der Waals surface area contributed by atoms with Gasteiger partial charge in [0.1, 0.15) is 6.04 Å². The Labute approximate surface area is 146 Å². The van der Waals surface area contributed by atoms with Gasteiger partial charge >= 0.3 is 11.7 Å². The molecule has 0 bridgehead atoms. The van der Waals surface area contributed by atoms with Crippen LogP contribution in [0.25, 0.3) is 0 Å². The lowest BCUT2D eigenvalue weighted by Gasteiger charge is -2.25. The molecule has 1 heterocycles. The molecule has 0 aliphatic heterocycles. The van der Waals surface area contributed by atoms with Crippen LogP contribution in [0.5, 0.6) is 0 Å². The number of aromatic nitrogens is 4. The maximum absolute atomic E-state index is 12.9. The van der Waals surface area contributed by atoms with Crippen molar-refractivity contribution in [1.29, 1.82) is 0 Å². The number of nitrogens with zero attached hydrogens (tertiary/aromatic N) is 5. The van der Waals surface area contributed by atoms with Crippen LogP contribution in [0, 0.1) is 0 Å². The third-order valence-corrected chi connectivity index (χ3v) is 3.94. The number of ketones is 1. The first-order valence-corrected chi connectivity index (χ1v) is 8.38. The Morgan fingerprint density at radius 3 is 2.28 bits per heavy atom. The number of carbonyl (C=O) groups is 2. The van der Waals surface area contributed by atoms with Gasteiger partial charge < -0.3 is 0 Å². The minimum atomic E-state index is -0.708. The van der Waals surface area contributed by atoms with Crippen molar-refractivity contribution in [3.8, 4) is 0 Å². The fraction of sp³-hybridized carbons (Fsp3) is 0.471. The number of para-hydroxylation sites is 1. The Balaban J connectivity index is 2.43. The third kappa shape index (κ3) is 3.67. The van der Waals surface area contributed by atoms with E-state index in [9.17, 15) is 14.4 Å². The van der Waals surface area contributed by atoms with Gasteiger partial charge in [0.25, 0.3) is 0 Å². The average Bonchev–Trinajstić information content (AvgIpc) is 2.97. The van der Waals surface area contributed by atoms with Gasteiger partial charge in [0.2, 0.25) is 0 Å². The number of anilines is 1. The summed E-state index contributed by atoms with van der Waals surface area (Å²) in [6, 6.07) is 7.53. The van der Waals surface area contributed by atoms with Crippen molar-refractivity contribution < 1.29 is 9.59 Å². The predicted molar refractivity (Wildman–Crippen MR) is 93.8 cm³/mol. The summed E-state index contributed by atoms with van der Waals surface area (Å²) in [4.78, 5) is 38.9. The Kier molecular flexibility index (Phi) is 5.84. The van der Waals surface area contributed by atoms with Crippen LogP contribution >= 0.6 is 0 Å². The van der Waals surface area contributed by atoms with Gasteiger partial charge in [0, 0.05) is 18.2 Å². The van der Waals surface area contributed by atoms with E-state index in [-0.39, 0.29) is 18.2 Å². The van der Waals surface area contributed by atoms with Crippen molar-refractivity contribution in [2.24, 2.45) is 0 Å². The molecular formula is C17H23N5O3. The molecule has 0 saturated heterocycles. The topological polar surface area (TPSA) is 90.1 Å².